The van der Waals surface area contributed by atoms with Gasteiger partial charge in [0, 0.05) is 33.2 Å². The van der Waals surface area contributed by atoms with Gasteiger partial charge in [-0.25, -0.2) is 0 Å². The Kier molecular flexibility index (Phi) is 9.02. The lowest BCUT2D eigenvalue weighted by Gasteiger charge is -2.15. The molecule has 7 heteroatoms. The van der Waals surface area contributed by atoms with Gasteiger partial charge in [0.2, 0.25) is 0 Å². The normalized spacial score (nSPS) is 10.8. The molecule has 2 rings (SSSR count). The van der Waals surface area contributed by atoms with Gasteiger partial charge in [0.1, 0.15) is 6.61 Å². The number of hydrogen-bond acceptors (Lipinski definition) is 4. The first-order valence-corrected chi connectivity index (χ1v) is 9.85. The second-order valence-corrected chi connectivity index (χ2v) is 7.36. The van der Waals surface area contributed by atoms with E-state index in [4.69, 9.17) is 37.8 Å². The largest absolute Gasteiger partial charge is 0.493 e. The van der Waals surface area contributed by atoms with Crippen LogP contribution in [-0.4, -0.2) is 25.4 Å². The molecule has 0 radical (unpaired) electrons. The maximum atomic E-state index is 8.81. The van der Waals surface area contributed by atoms with Crippen molar-refractivity contribution in [1.82, 2.24) is 5.32 Å². The van der Waals surface area contributed by atoms with Crippen LogP contribution in [0.2, 0.25) is 10.0 Å². The highest BCUT2D eigenvalue weighted by Crippen LogP contribution is 2.35. The molecular weight excluding hydrogens is 441 g/mol. The van der Waals surface area contributed by atoms with Gasteiger partial charge in [-0.15, -0.1) is 0 Å². The van der Waals surface area contributed by atoms with Crippen LogP contribution in [0.3, 0.4) is 0 Å². The van der Waals surface area contributed by atoms with E-state index in [1.54, 1.807) is 25.3 Å². The minimum absolute atomic E-state index is 0.223. The molecule has 0 fully saturated rings. The second-order valence-electron chi connectivity index (χ2n) is 5.69. The maximum Gasteiger partial charge on any atom is 0.162 e. The van der Waals surface area contributed by atoms with Crippen molar-refractivity contribution in [2.24, 2.45) is 0 Å². The summed E-state index contributed by atoms with van der Waals surface area (Å²) < 4.78 is 12.3. The number of rotatable bonds is 10. The Hall–Kier alpha value is -0.980. The van der Waals surface area contributed by atoms with Gasteiger partial charge in [0.15, 0.2) is 11.5 Å². The van der Waals surface area contributed by atoms with E-state index in [0.717, 1.165) is 35.0 Å². The van der Waals surface area contributed by atoms with E-state index in [2.05, 4.69) is 21.2 Å². The molecule has 2 aromatic carbocycles. The van der Waals surface area contributed by atoms with Gasteiger partial charge in [-0.3, -0.25) is 0 Å². The summed E-state index contributed by atoms with van der Waals surface area (Å²) in [5.41, 5.74) is 1.80. The molecule has 0 heterocycles. The van der Waals surface area contributed by atoms with Crippen LogP contribution in [0.1, 0.15) is 24.0 Å². The average molecular weight is 463 g/mol. The third kappa shape index (κ3) is 6.03. The Morgan fingerprint density at radius 1 is 1.12 bits per heavy atom. The Morgan fingerprint density at radius 2 is 1.85 bits per heavy atom. The van der Waals surface area contributed by atoms with Crippen molar-refractivity contribution in [2.45, 2.75) is 26.0 Å². The van der Waals surface area contributed by atoms with Crippen molar-refractivity contribution in [3.63, 3.8) is 0 Å². The first-order chi connectivity index (χ1) is 12.6. The van der Waals surface area contributed by atoms with Crippen molar-refractivity contribution in [2.75, 3.05) is 20.3 Å². The van der Waals surface area contributed by atoms with E-state index in [0.29, 0.717) is 28.1 Å². The van der Waals surface area contributed by atoms with Crippen LogP contribution < -0.4 is 14.8 Å². The Labute approximate surface area is 172 Å². The molecule has 142 valence electrons. The summed E-state index contributed by atoms with van der Waals surface area (Å²) in [5, 5.41) is 13.3. The quantitative estimate of drug-likeness (QED) is 0.476. The van der Waals surface area contributed by atoms with Crippen LogP contribution in [0.5, 0.6) is 11.5 Å². The van der Waals surface area contributed by atoms with Crippen LogP contribution in [0.15, 0.2) is 34.8 Å². The molecule has 0 aromatic heterocycles. The number of hydrogen-bond donors (Lipinski definition) is 2. The lowest BCUT2D eigenvalue weighted by Crippen LogP contribution is -2.15. The minimum Gasteiger partial charge on any atom is -0.493 e. The smallest absolute Gasteiger partial charge is 0.162 e. The second kappa shape index (κ2) is 11.0. The van der Waals surface area contributed by atoms with Crippen LogP contribution in [0.4, 0.5) is 0 Å². The van der Waals surface area contributed by atoms with Crippen molar-refractivity contribution in [3.05, 3.63) is 56.0 Å². The third-order valence-corrected chi connectivity index (χ3v) is 5.29. The highest BCUT2D eigenvalue weighted by Gasteiger charge is 2.12. The zero-order valence-electron chi connectivity index (χ0n) is 14.5. The Morgan fingerprint density at radius 3 is 2.50 bits per heavy atom. The zero-order valence-corrected chi connectivity index (χ0v) is 17.6. The van der Waals surface area contributed by atoms with E-state index in [1.165, 1.54) is 0 Å². The molecule has 2 N–H and O–H groups in total. The zero-order chi connectivity index (χ0) is 18.9. The van der Waals surface area contributed by atoms with E-state index < -0.39 is 0 Å². The Balaban J connectivity index is 2.06. The predicted molar refractivity (Wildman–Crippen MR) is 110 cm³/mol. The summed E-state index contributed by atoms with van der Waals surface area (Å²) in [4.78, 5) is 0. The molecule has 0 aliphatic rings. The molecule has 0 saturated heterocycles. The van der Waals surface area contributed by atoms with E-state index >= 15 is 0 Å². The lowest BCUT2D eigenvalue weighted by molar-refractivity contribution is 0.283. The standard InChI is InChI=1S/C19H22BrCl2NO3/c1-25-18-9-13(11-23-7-2-3-8-24)15(20)10-19(18)26-12-14-16(21)5-4-6-17(14)22/h4-6,9-10,23-24H,2-3,7-8,11-12H2,1H3. The fraction of sp³-hybridized carbons (Fsp3) is 0.368. The minimum atomic E-state index is 0.223. The molecule has 26 heavy (non-hydrogen) atoms. The van der Waals surface area contributed by atoms with E-state index in [1.807, 2.05) is 12.1 Å². The molecule has 0 unspecified atom stereocenters. The third-order valence-electron chi connectivity index (χ3n) is 3.84. The first kappa shape index (κ1) is 21.3. The Bertz CT molecular complexity index is 708. The molecule has 2 aromatic rings. The summed E-state index contributed by atoms with van der Waals surface area (Å²) in [6, 6.07) is 9.18. The SMILES string of the molecule is COc1cc(CNCCCCO)c(Br)cc1OCc1c(Cl)cccc1Cl. The first-order valence-electron chi connectivity index (χ1n) is 8.30. The molecule has 0 bridgehead atoms. The van der Waals surface area contributed by atoms with Gasteiger partial charge < -0.3 is 19.9 Å². The molecule has 0 aliphatic carbocycles. The topological polar surface area (TPSA) is 50.7 Å². The summed E-state index contributed by atoms with van der Waals surface area (Å²) in [6.45, 7) is 2.01. The summed E-state index contributed by atoms with van der Waals surface area (Å²) >= 11 is 16.0. The fourth-order valence-corrected chi connectivity index (χ4v) is 3.36. The van der Waals surface area contributed by atoms with Crippen LogP contribution in [0, 0.1) is 0 Å². The van der Waals surface area contributed by atoms with Crippen molar-refractivity contribution in [1.29, 1.82) is 0 Å². The highest BCUT2D eigenvalue weighted by molar-refractivity contribution is 9.10. The number of ether oxygens (including phenoxy) is 2. The number of aliphatic hydroxyl groups excluding tert-OH is 1. The number of aliphatic hydroxyl groups is 1. The number of benzene rings is 2. The van der Waals surface area contributed by atoms with Gasteiger partial charge in [-0.1, -0.05) is 45.2 Å². The van der Waals surface area contributed by atoms with Gasteiger partial charge in [-0.2, -0.15) is 0 Å². The summed E-state index contributed by atoms with van der Waals surface area (Å²) in [6.07, 6.45) is 1.74. The highest BCUT2D eigenvalue weighted by atomic mass is 79.9. The number of nitrogens with one attached hydrogen (secondary N) is 1. The summed E-state index contributed by atoms with van der Waals surface area (Å²) in [5.74, 6) is 1.25. The lowest BCUT2D eigenvalue weighted by atomic mass is 10.2. The fourth-order valence-electron chi connectivity index (χ4n) is 2.39. The predicted octanol–water partition coefficient (Wildman–Crippen LogP) is 5.21. The monoisotopic (exact) mass is 461 g/mol. The average Bonchev–Trinajstić information content (AvgIpc) is 2.62. The van der Waals surface area contributed by atoms with Crippen LogP contribution >= 0.6 is 39.1 Å². The van der Waals surface area contributed by atoms with Crippen molar-refractivity contribution >= 4 is 39.1 Å². The van der Waals surface area contributed by atoms with Gasteiger partial charge >= 0.3 is 0 Å². The van der Waals surface area contributed by atoms with Gasteiger partial charge in [0.05, 0.1) is 7.11 Å². The molecule has 0 spiro atoms. The van der Waals surface area contributed by atoms with E-state index in [9.17, 15) is 0 Å². The number of halogens is 3. The van der Waals surface area contributed by atoms with Gasteiger partial charge in [-0.05, 0) is 49.2 Å². The van der Waals surface area contributed by atoms with Crippen LogP contribution in [-0.2, 0) is 13.2 Å². The number of unbranched alkanes of at least 4 members (excludes halogenated alkanes) is 1. The molecule has 0 amide bonds. The maximum absolute atomic E-state index is 8.81. The van der Waals surface area contributed by atoms with Crippen LogP contribution in [0.25, 0.3) is 0 Å². The van der Waals surface area contributed by atoms with Gasteiger partial charge in [0.25, 0.3) is 0 Å². The van der Waals surface area contributed by atoms with Crippen molar-refractivity contribution < 1.29 is 14.6 Å². The molecule has 0 saturated carbocycles. The van der Waals surface area contributed by atoms with Crippen molar-refractivity contribution in [3.8, 4) is 11.5 Å². The summed E-state index contributed by atoms with van der Waals surface area (Å²) in [7, 11) is 1.61. The number of methoxy groups -OCH3 is 1. The molecule has 0 aliphatic heterocycles. The molecule has 4 nitrogen and oxygen atoms in total. The molecular formula is C19H22BrCl2NO3. The molecule has 0 atom stereocenters. The van der Waals surface area contributed by atoms with E-state index in [-0.39, 0.29) is 13.2 Å².